The molecule has 0 spiro atoms. The number of nitrogens with two attached hydrogens (primary N) is 1. The smallest absolute Gasteiger partial charge is 0.408 e. The number of carbonyl (C=O) groups excluding carboxylic acids is 1. The molecule has 0 aliphatic carbocycles. The molecule has 0 aliphatic rings. The Bertz CT molecular complexity index is 789. The number of hydrogen-bond donors (Lipinski definition) is 3. The summed E-state index contributed by atoms with van der Waals surface area (Å²) in [5.74, 6) is -1.98. The Labute approximate surface area is 144 Å². The van der Waals surface area contributed by atoms with Crippen molar-refractivity contribution in [1.82, 2.24) is 5.32 Å². The molecule has 4 N–H and O–H groups in total. The van der Waals surface area contributed by atoms with Crippen molar-refractivity contribution in [3.05, 3.63) is 71.3 Å². The van der Waals surface area contributed by atoms with Gasteiger partial charge in [0, 0.05) is 5.56 Å². The third kappa shape index (κ3) is 5.42. The SMILES string of the molecule is N=C(N)c1ccc(C(NC(=O)OCc2ccccc2)P(=O)([O-])[O-])cc1. The van der Waals surface area contributed by atoms with Crippen LogP contribution in [0.4, 0.5) is 4.79 Å². The number of ether oxygens (including phenoxy) is 1. The van der Waals surface area contributed by atoms with Crippen LogP contribution in [0.15, 0.2) is 54.6 Å². The van der Waals surface area contributed by atoms with Crippen LogP contribution in [0, 0.1) is 5.41 Å². The van der Waals surface area contributed by atoms with Crippen molar-refractivity contribution in [1.29, 1.82) is 5.41 Å². The zero-order chi connectivity index (χ0) is 18.4. The fourth-order valence-corrected chi connectivity index (χ4v) is 2.87. The Morgan fingerprint density at radius 2 is 1.76 bits per heavy atom. The van der Waals surface area contributed by atoms with Crippen LogP contribution in [-0.2, 0) is 15.9 Å². The van der Waals surface area contributed by atoms with Gasteiger partial charge < -0.3 is 30.1 Å². The van der Waals surface area contributed by atoms with Gasteiger partial charge in [-0.1, -0.05) is 54.6 Å². The zero-order valence-electron chi connectivity index (χ0n) is 13.0. The van der Waals surface area contributed by atoms with E-state index in [2.05, 4.69) is 5.32 Å². The lowest BCUT2D eigenvalue weighted by molar-refractivity contribution is -0.317. The highest BCUT2D eigenvalue weighted by atomic mass is 31.2. The third-order valence-corrected chi connectivity index (χ3v) is 4.38. The van der Waals surface area contributed by atoms with Crippen molar-refractivity contribution >= 4 is 19.5 Å². The van der Waals surface area contributed by atoms with Crippen molar-refractivity contribution < 1.29 is 23.9 Å². The molecule has 25 heavy (non-hydrogen) atoms. The summed E-state index contributed by atoms with van der Waals surface area (Å²) in [7, 11) is -5.18. The van der Waals surface area contributed by atoms with Gasteiger partial charge in [0.15, 0.2) is 0 Å². The molecular formula is C16H16N3O5P-2. The molecule has 1 amide bonds. The van der Waals surface area contributed by atoms with Gasteiger partial charge in [0.05, 0.1) is 5.78 Å². The molecule has 0 radical (unpaired) electrons. The molecule has 2 rings (SSSR count). The van der Waals surface area contributed by atoms with E-state index in [0.717, 1.165) is 0 Å². The van der Waals surface area contributed by atoms with Crippen LogP contribution in [0.2, 0.25) is 0 Å². The first-order valence-corrected chi connectivity index (χ1v) is 8.82. The predicted molar refractivity (Wildman–Crippen MR) is 87.6 cm³/mol. The fraction of sp³-hybridized carbons (Fsp3) is 0.125. The van der Waals surface area contributed by atoms with Crippen molar-refractivity contribution in [2.75, 3.05) is 0 Å². The summed E-state index contributed by atoms with van der Waals surface area (Å²) in [4.78, 5) is 34.8. The molecule has 0 bridgehead atoms. The lowest BCUT2D eigenvalue weighted by Crippen LogP contribution is -2.35. The van der Waals surface area contributed by atoms with E-state index in [9.17, 15) is 19.1 Å². The number of nitrogens with one attached hydrogen (secondary N) is 2. The number of nitrogen functional groups attached to an aromatic ring is 1. The Hall–Kier alpha value is -2.67. The minimum atomic E-state index is -5.18. The Balaban J connectivity index is 2.08. The number of amides is 1. The molecule has 9 heteroatoms. The second-order valence-electron chi connectivity index (χ2n) is 5.18. The van der Waals surface area contributed by atoms with Crippen molar-refractivity contribution in [3.63, 3.8) is 0 Å². The Morgan fingerprint density at radius 3 is 2.28 bits per heavy atom. The number of hydrogen-bond acceptors (Lipinski definition) is 6. The molecular weight excluding hydrogens is 345 g/mol. The van der Waals surface area contributed by atoms with Gasteiger partial charge in [0.2, 0.25) is 0 Å². The summed E-state index contributed by atoms with van der Waals surface area (Å²) in [6.07, 6.45) is -1.03. The topological polar surface area (TPSA) is 151 Å². The monoisotopic (exact) mass is 361 g/mol. The summed E-state index contributed by atoms with van der Waals surface area (Å²) < 4.78 is 16.4. The molecule has 1 atom stereocenters. The first-order valence-electron chi connectivity index (χ1n) is 7.20. The minimum absolute atomic E-state index is 0.0509. The van der Waals surface area contributed by atoms with E-state index in [1.54, 1.807) is 30.3 Å². The van der Waals surface area contributed by atoms with Gasteiger partial charge in [0.1, 0.15) is 12.4 Å². The number of amidine groups is 1. The van der Waals surface area contributed by atoms with Gasteiger partial charge in [-0.25, -0.2) is 4.79 Å². The highest BCUT2D eigenvalue weighted by Gasteiger charge is 2.19. The number of alkyl carbamates (subject to hydrolysis) is 1. The lowest BCUT2D eigenvalue weighted by Gasteiger charge is -2.38. The first-order chi connectivity index (χ1) is 11.8. The summed E-state index contributed by atoms with van der Waals surface area (Å²) in [6.45, 7) is -0.0648. The standard InChI is InChI=1S/C16H18N3O5P/c17-14(18)12-6-8-13(9-7-12)15(25(21,22)23)19-16(20)24-10-11-4-2-1-3-5-11/h1-9,15H,10H2,(H3,17,18)(H,19,20)(H2,21,22,23)/p-2. The molecule has 0 heterocycles. The van der Waals surface area contributed by atoms with E-state index in [1.165, 1.54) is 24.3 Å². The van der Waals surface area contributed by atoms with Gasteiger partial charge in [0.25, 0.3) is 0 Å². The molecule has 1 unspecified atom stereocenters. The maximum Gasteiger partial charge on any atom is 0.408 e. The van der Waals surface area contributed by atoms with Crippen LogP contribution in [0.3, 0.4) is 0 Å². The van der Waals surface area contributed by atoms with Crippen LogP contribution in [-0.4, -0.2) is 11.9 Å². The molecule has 0 fully saturated rings. The summed E-state index contributed by atoms with van der Waals surface area (Å²) in [5.41, 5.74) is 6.44. The van der Waals surface area contributed by atoms with Gasteiger partial charge in [-0.05, 0) is 18.7 Å². The second kappa shape index (κ2) is 7.94. The molecule has 0 saturated heterocycles. The summed E-state index contributed by atoms with van der Waals surface area (Å²) in [6, 6.07) is 14.2. The summed E-state index contributed by atoms with van der Waals surface area (Å²) in [5, 5.41) is 9.35. The van der Waals surface area contributed by atoms with Gasteiger partial charge in [-0.2, -0.15) is 0 Å². The van der Waals surface area contributed by atoms with Gasteiger partial charge in [-0.3, -0.25) is 5.41 Å². The second-order valence-corrected chi connectivity index (χ2v) is 6.78. The molecule has 2 aromatic rings. The number of rotatable bonds is 6. The van der Waals surface area contributed by atoms with Crippen molar-refractivity contribution in [2.45, 2.75) is 12.4 Å². The van der Waals surface area contributed by atoms with Crippen LogP contribution in [0.5, 0.6) is 0 Å². The predicted octanol–water partition coefficient (Wildman–Crippen LogP) is 0.809. The molecule has 0 saturated carbocycles. The molecule has 132 valence electrons. The first kappa shape index (κ1) is 18.7. The normalized spacial score (nSPS) is 12.2. The Morgan fingerprint density at radius 1 is 1.16 bits per heavy atom. The highest BCUT2D eigenvalue weighted by molar-refractivity contribution is 7.49. The van der Waals surface area contributed by atoms with E-state index >= 15 is 0 Å². The maximum absolute atomic E-state index is 11.8. The van der Waals surface area contributed by atoms with Gasteiger partial charge >= 0.3 is 6.09 Å². The van der Waals surface area contributed by atoms with Crippen LogP contribution >= 0.6 is 7.60 Å². The number of benzene rings is 2. The summed E-state index contributed by atoms with van der Waals surface area (Å²) >= 11 is 0. The van der Waals surface area contributed by atoms with Crippen LogP contribution in [0.25, 0.3) is 0 Å². The van der Waals surface area contributed by atoms with E-state index in [0.29, 0.717) is 11.1 Å². The average Bonchev–Trinajstić information content (AvgIpc) is 2.58. The van der Waals surface area contributed by atoms with E-state index in [1.807, 2.05) is 0 Å². The molecule has 2 aromatic carbocycles. The highest BCUT2D eigenvalue weighted by Crippen LogP contribution is 2.42. The fourth-order valence-electron chi connectivity index (χ4n) is 2.07. The van der Waals surface area contributed by atoms with Crippen molar-refractivity contribution in [3.8, 4) is 0 Å². The quantitative estimate of drug-likeness (QED) is 0.393. The minimum Gasteiger partial charge on any atom is -0.809 e. The van der Waals surface area contributed by atoms with Crippen molar-refractivity contribution in [2.24, 2.45) is 5.73 Å². The van der Waals surface area contributed by atoms with Crippen LogP contribution in [0.1, 0.15) is 22.5 Å². The molecule has 0 aliphatic heterocycles. The van der Waals surface area contributed by atoms with E-state index in [-0.39, 0.29) is 18.0 Å². The Kier molecular flexibility index (Phi) is 5.93. The lowest BCUT2D eigenvalue weighted by atomic mass is 10.1. The van der Waals surface area contributed by atoms with Gasteiger partial charge in [-0.15, -0.1) is 0 Å². The van der Waals surface area contributed by atoms with Crippen LogP contribution < -0.4 is 20.8 Å². The number of carbonyl (C=O) groups is 1. The average molecular weight is 361 g/mol. The van der Waals surface area contributed by atoms with E-state index < -0.39 is 19.5 Å². The molecule has 8 nitrogen and oxygen atoms in total. The third-order valence-electron chi connectivity index (χ3n) is 3.32. The maximum atomic E-state index is 11.8. The molecule has 0 aromatic heterocycles. The zero-order valence-corrected chi connectivity index (χ0v) is 13.9. The van der Waals surface area contributed by atoms with E-state index in [4.69, 9.17) is 15.9 Å². The largest absolute Gasteiger partial charge is 0.809 e.